The minimum absolute atomic E-state index is 0.517. The second-order valence-electron chi connectivity index (χ2n) is 5.21. The molecule has 116 valence electrons. The van der Waals surface area contributed by atoms with Gasteiger partial charge >= 0.3 is 0 Å². The van der Waals surface area contributed by atoms with Gasteiger partial charge in [0.1, 0.15) is 17.1 Å². The Balaban J connectivity index is 1.88. The third-order valence-corrected chi connectivity index (χ3v) is 3.52. The van der Waals surface area contributed by atoms with Gasteiger partial charge in [-0.1, -0.05) is 18.2 Å². The molecule has 0 bridgehead atoms. The monoisotopic (exact) mass is 314 g/mol. The summed E-state index contributed by atoms with van der Waals surface area (Å²) in [6.07, 6.45) is 9.24. The lowest BCUT2D eigenvalue weighted by Crippen LogP contribution is -2.04. The van der Waals surface area contributed by atoms with E-state index in [-0.39, 0.29) is 0 Å². The fourth-order valence-electron chi connectivity index (χ4n) is 2.37. The Kier molecular flexibility index (Phi) is 3.85. The molecule has 0 fully saturated rings. The summed E-state index contributed by atoms with van der Waals surface area (Å²) >= 11 is 0. The predicted molar refractivity (Wildman–Crippen MR) is 92.0 cm³/mol. The standard InChI is InChI=1S/C18H14N6/c1-4-10-19-13(7-1)16-22-17(14-8-2-5-11-20-14)24-18(23-16)15-9-3-6-12-21-15/h1-2,4-5,7-12H,3,6H2. The Morgan fingerprint density at radius 3 is 1.79 bits per heavy atom. The minimum Gasteiger partial charge on any atom is -0.258 e. The molecule has 0 radical (unpaired) electrons. The van der Waals surface area contributed by atoms with Crippen molar-refractivity contribution in [2.75, 3.05) is 0 Å². The van der Waals surface area contributed by atoms with Crippen molar-refractivity contribution < 1.29 is 0 Å². The van der Waals surface area contributed by atoms with Gasteiger partial charge in [0, 0.05) is 18.6 Å². The van der Waals surface area contributed by atoms with E-state index in [1.807, 2.05) is 48.7 Å². The van der Waals surface area contributed by atoms with Gasteiger partial charge in [-0.2, -0.15) is 0 Å². The third kappa shape index (κ3) is 2.94. The number of pyridine rings is 2. The first kappa shape index (κ1) is 14.3. The van der Waals surface area contributed by atoms with Crippen LogP contribution in [0.5, 0.6) is 0 Å². The Bertz CT molecular complexity index is 846. The van der Waals surface area contributed by atoms with Crippen molar-refractivity contribution in [3.63, 3.8) is 0 Å². The number of allylic oxidation sites excluding steroid dienone is 1. The van der Waals surface area contributed by atoms with Crippen LogP contribution in [0.1, 0.15) is 18.7 Å². The average Bonchev–Trinajstić information content (AvgIpc) is 2.70. The van der Waals surface area contributed by atoms with Crippen molar-refractivity contribution in [2.24, 2.45) is 4.99 Å². The molecule has 0 unspecified atom stereocenters. The average molecular weight is 314 g/mol. The van der Waals surface area contributed by atoms with Crippen molar-refractivity contribution in [3.8, 4) is 23.0 Å². The van der Waals surface area contributed by atoms with Gasteiger partial charge in [0.2, 0.25) is 0 Å². The Morgan fingerprint density at radius 2 is 1.29 bits per heavy atom. The van der Waals surface area contributed by atoms with E-state index in [2.05, 4.69) is 29.9 Å². The predicted octanol–water partition coefficient (Wildman–Crippen LogP) is 3.20. The molecule has 0 saturated heterocycles. The molecular weight excluding hydrogens is 300 g/mol. The molecule has 1 aliphatic rings. The van der Waals surface area contributed by atoms with E-state index < -0.39 is 0 Å². The van der Waals surface area contributed by atoms with Crippen molar-refractivity contribution in [2.45, 2.75) is 12.8 Å². The maximum Gasteiger partial charge on any atom is 0.182 e. The van der Waals surface area contributed by atoms with E-state index >= 15 is 0 Å². The summed E-state index contributed by atoms with van der Waals surface area (Å²) in [4.78, 5) is 26.7. The van der Waals surface area contributed by atoms with Crippen LogP contribution in [-0.2, 0) is 0 Å². The number of aromatic nitrogens is 5. The summed E-state index contributed by atoms with van der Waals surface area (Å²) < 4.78 is 0. The molecule has 6 heteroatoms. The van der Waals surface area contributed by atoms with E-state index in [4.69, 9.17) is 0 Å². The molecule has 0 aromatic carbocycles. The van der Waals surface area contributed by atoms with Crippen LogP contribution in [0.3, 0.4) is 0 Å². The van der Waals surface area contributed by atoms with Crippen LogP contribution >= 0.6 is 0 Å². The van der Waals surface area contributed by atoms with Crippen molar-refractivity contribution in [3.05, 3.63) is 60.7 Å². The molecule has 4 rings (SSSR count). The number of hydrogen-bond acceptors (Lipinski definition) is 6. The number of aliphatic imine (C=N–C) groups is 1. The molecular formula is C18H14N6. The lowest BCUT2D eigenvalue weighted by Gasteiger charge is -2.09. The molecule has 0 aliphatic carbocycles. The fraction of sp³-hybridized carbons (Fsp3) is 0.111. The van der Waals surface area contributed by atoms with Gasteiger partial charge in [-0.3, -0.25) is 15.0 Å². The maximum absolute atomic E-state index is 4.56. The molecule has 1 aliphatic heterocycles. The highest BCUT2D eigenvalue weighted by Crippen LogP contribution is 2.22. The zero-order valence-electron chi connectivity index (χ0n) is 12.9. The molecule has 0 saturated carbocycles. The van der Waals surface area contributed by atoms with Gasteiger partial charge in [-0.15, -0.1) is 0 Å². The molecule has 0 amide bonds. The van der Waals surface area contributed by atoms with Gasteiger partial charge in [0.05, 0.1) is 0 Å². The van der Waals surface area contributed by atoms with Crippen LogP contribution in [0.2, 0.25) is 0 Å². The van der Waals surface area contributed by atoms with Gasteiger partial charge < -0.3 is 0 Å². The molecule has 4 heterocycles. The summed E-state index contributed by atoms with van der Waals surface area (Å²) in [5.41, 5.74) is 2.15. The number of nitrogens with zero attached hydrogens (tertiary/aromatic N) is 6. The first-order valence-electron chi connectivity index (χ1n) is 7.72. The van der Waals surface area contributed by atoms with Crippen LogP contribution < -0.4 is 0 Å². The highest BCUT2D eigenvalue weighted by atomic mass is 15.1. The van der Waals surface area contributed by atoms with Crippen LogP contribution in [0.4, 0.5) is 0 Å². The van der Waals surface area contributed by atoms with Crippen LogP contribution in [0.25, 0.3) is 28.7 Å². The number of rotatable bonds is 3. The first-order valence-corrected chi connectivity index (χ1v) is 7.72. The Hall–Kier alpha value is -3.28. The van der Waals surface area contributed by atoms with Gasteiger partial charge in [0.15, 0.2) is 17.5 Å². The van der Waals surface area contributed by atoms with E-state index in [1.54, 1.807) is 12.4 Å². The zero-order valence-corrected chi connectivity index (χ0v) is 12.9. The highest BCUT2D eigenvalue weighted by Gasteiger charge is 2.14. The Morgan fingerprint density at radius 1 is 0.667 bits per heavy atom. The summed E-state index contributed by atoms with van der Waals surface area (Å²) in [5, 5.41) is 0. The largest absolute Gasteiger partial charge is 0.258 e. The normalized spacial score (nSPS) is 13.6. The summed E-state index contributed by atoms with van der Waals surface area (Å²) in [6.45, 7) is 0. The second kappa shape index (κ2) is 6.45. The lowest BCUT2D eigenvalue weighted by molar-refractivity contribution is 0.994. The van der Waals surface area contributed by atoms with E-state index in [1.165, 1.54) is 0 Å². The number of hydrogen-bond donors (Lipinski definition) is 0. The topological polar surface area (TPSA) is 76.8 Å². The maximum atomic E-state index is 4.56. The molecule has 0 atom stereocenters. The summed E-state index contributed by atoms with van der Waals surface area (Å²) in [5.74, 6) is 1.58. The smallest absolute Gasteiger partial charge is 0.182 e. The molecule has 6 nitrogen and oxygen atoms in total. The van der Waals surface area contributed by atoms with Crippen molar-refractivity contribution >= 4 is 11.9 Å². The lowest BCUT2D eigenvalue weighted by atomic mass is 10.2. The van der Waals surface area contributed by atoms with E-state index in [9.17, 15) is 0 Å². The SMILES string of the molecule is C1=NC(c2nc(-c3ccccn3)nc(-c3ccccn3)n2)=CCC1. The van der Waals surface area contributed by atoms with Gasteiger partial charge in [-0.25, -0.2) is 15.0 Å². The van der Waals surface area contributed by atoms with Crippen LogP contribution in [0.15, 0.2) is 59.9 Å². The van der Waals surface area contributed by atoms with Crippen molar-refractivity contribution in [1.29, 1.82) is 0 Å². The molecule has 0 N–H and O–H groups in total. The Labute approximate surface area is 139 Å². The zero-order chi connectivity index (χ0) is 16.2. The minimum atomic E-state index is 0.517. The molecule has 0 spiro atoms. The fourth-order valence-corrected chi connectivity index (χ4v) is 2.37. The molecule has 3 aromatic rings. The highest BCUT2D eigenvalue weighted by molar-refractivity contribution is 5.74. The summed E-state index contributed by atoms with van der Waals surface area (Å²) in [7, 11) is 0. The van der Waals surface area contributed by atoms with Gasteiger partial charge in [-0.05, 0) is 37.1 Å². The van der Waals surface area contributed by atoms with E-state index in [0.717, 1.165) is 18.5 Å². The second-order valence-corrected chi connectivity index (χ2v) is 5.21. The van der Waals surface area contributed by atoms with Gasteiger partial charge in [0.25, 0.3) is 0 Å². The van der Waals surface area contributed by atoms with E-state index in [0.29, 0.717) is 28.9 Å². The molecule has 3 aromatic heterocycles. The quantitative estimate of drug-likeness (QED) is 0.742. The van der Waals surface area contributed by atoms with Crippen LogP contribution in [-0.4, -0.2) is 31.1 Å². The first-order chi connectivity index (χ1) is 11.9. The molecule has 24 heavy (non-hydrogen) atoms. The summed E-state index contributed by atoms with van der Waals surface area (Å²) in [6, 6.07) is 11.3. The van der Waals surface area contributed by atoms with Crippen molar-refractivity contribution in [1.82, 2.24) is 24.9 Å². The third-order valence-electron chi connectivity index (χ3n) is 3.52. The van der Waals surface area contributed by atoms with Crippen LogP contribution in [0, 0.1) is 0 Å².